The summed E-state index contributed by atoms with van der Waals surface area (Å²) in [5.41, 5.74) is 4.10. The zero-order valence-corrected chi connectivity index (χ0v) is 21.6. The Hall–Kier alpha value is -4.37. The Bertz CT molecular complexity index is 1570. The van der Waals surface area contributed by atoms with Crippen molar-refractivity contribution in [3.63, 3.8) is 0 Å². The molecule has 2 aromatic carbocycles. The van der Waals surface area contributed by atoms with Crippen LogP contribution in [0.15, 0.2) is 79.1 Å². The lowest BCUT2D eigenvalue weighted by molar-refractivity contribution is 0.0558. The maximum Gasteiger partial charge on any atom is 0.270 e. The van der Waals surface area contributed by atoms with Gasteiger partial charge in [-0.05, 0) is 55.0 Å². The Balaban J connectivity index is 1.10. The first-order chi connectivity index (χ1) is 18.5. The second-order valence-corrected chi connectivity index (χ2v) is 10.5. The number of rotatable bonds is 2. The largest absolute Gasteiger partial charge is 0.340 e. The standard InChI is InChI=1S/C32H30N4O2/c1-34-28-10-6-5-9-26(28)20-29(34)31(38)35-16-13-32(14-17-35)15-18-36(23-32)30(37)27-19-25(21-33-22-27)12-11-24-7-3-2-4-8-24/h2-10,19-22H,13-18,23H2,1H3. The van der Waals surface area contributed by atoms with Gasteiger partial charge in [0.15, 0.2) is 0 Å². The van der Waals surface area contributed by atoms with Crippen LogP contribution >= 0.6 is 0 Å². The summed E-state index contributed by atoms with van der Waals surface area (Å²) in [7, 11) is 1.96. The molecule has 38 heavy (non-hydrogen) atoms. The average molecular weight is 503 g/mol. The van der Waals surface area contributed by atoms with Gasteiger partial charge in [0.25, 0.3) is 11.8 Å². The van der Waals surface area contributed by atoms with Gasteiger partial charge in [-0.1, -0.05) is 48.2 Å². The third-order valence-electron chi connectivity index (χ3n) is 8.12. The number of aryl methyl sites for hydroxylation is 1. The quantitative estimate of drug-likeness (QED) is 0.372. The number of aromatic nitrogens is 2. The molecule has 6 nitrogen and oxygen atoms in total. The topological polar surface area (TPSA) is 58.4 Å². The number of carbonyl (C=O) groups excluding carboxylic acids is 2. The predicted molar refractivity (Wildman–Crippen MR) is 148 cm³/mol. The van der Waals surface area contributed by atoms with Crippen LogP contribution in [0.5, 0.6) is 0 Å². The Labute approximate surface area is 222 Å². The molecule has 2 aromatic heterocycles. The van der Waals surface area contributed by atoms with Crippen LogP contribution < -0.4 is 0 Å². The normalized spacial score (nSPS) is 16.4. The fourth-order valence-electron chi connectivity index (χ4n) is 5.83. The van der Waals surface area contributed by atoms with Gasteiger partial charge in [0.2, 0.25) is 0 Å². The van der Waals surface area contributed by atoms with Gasteiger partial charge in [-0.15, -0.1) is 0 Å². The Morgan fingerprint density at radius 1 is 0.789 bits per heavy atom. The highest BCUT2D eigenvalue weighted by molar-refractivity contribution is 5.99. The second kappa shape index (κ2) is 9.83. The van der Waals surface area contributed by atoms with Crippen molar-refractivity contribution in [3.8, 4) is 11.8 Å². The number of likely N-dealkylation sites (tertiary alicyclic amines) is 2. The zero-order chi connectivity index (χ0) is 26.1. The first-order valence-corrected chi connectivity index (χ1v) is 13.2. The fourth-order valence-corrected chi connectivity index (χ4v) is 5.83. The molecule has 0 unspecified atom stereocenters. The van der Waals surface area contributed by atoms with Crippen LogP contribution in [0.1, 0.15) is 51.2 Å². The SMILES string of the molecule is Cn1c(C(=O)N2CCC3(CCN(C(=O)c4cncc(C#Cc5ccccc5)c4)C3)CC2)cc2ccccc21. The molecule has 0 saturated carbocycles. The number of carbonyl (C=O) groups is 2. The number of piperidine rings is 1. The number of hydrogen-bond donors (Lipinski definition) is 0. The lowest BCUT2D eigenvalue weighted by Crippen LogP contribution is -2.45. The molecule has 2 saturated heterocycles. The molecule has 6 heteroatoms. The van der Waals surface area contributed by atoms with Gasteiger partial charge in [0.1, 0.15) is 5.69 Å². The summed E-state index contributed by atoms with van der Waals surface area (Å²) in [5.74, 6) is 6.35. The highest BCUT2D eigenvalue weighted by Gasteiger charge is 2.43. The number of para-hydroxylation sites is 1. The van der Waals surface area contributed by atoms with Gasteiger partial charge < -0.3 is 14.4 Å². The summed E-state index contributed by atoms with van der Waals surface area (Å²) in [5, 5.41) is 1.08. The summed E-state index contributed by atoms with van der Waals surface area (Å²) in [4.78, 5) is 34.9. The van der Waals surface area contributed by atoms with Gasteiger partial charge in [-0.3, -0.25) is 14.6 Å². The summed E-state index contributed by atoms with van der Waals surface area (Å²) >= 11 is 0. The van der Waals surface area contributed by atoms with Crippen LogP contribution in [0.3, 0.4) is 0 Å². The van der Waals surface area contributed by atoms with E-state index in [1.165, 1.54) is 0 Å². The third kappa shape index (κ3) is 4.56. The minimum atomic E-state index is 0.00624. The first-order valence-electron chi connectivity index (χ1n) is 13.2. The van der Waals surface area contributed by atoms with Crippen LogP contribution in [-0.4, -0.2) is 57.3 Å². The van der Waals surface area contributed by atoms with Crippen LogP contribution in [0, 0.1) is 17.3 Å². The Morgan fingerprint density at radius 3 is 2.24 bits per heavy atom. The maximum atomic E-state index is 13.4. The van der Waals surface area contributed by atoms with E-state index in [0.29, 0.717) is 18.7 Å². The molecule has 2 amide bonds. The highest BCUT2D eigenvalue weighted by Crippen LogP contribution is 2.41. The Kier molecular flexibility index (Phi) is 6.21. The molecule has 190 valence electrons. The van der Waals surface area contributed by atoms with Gasteiger partial charge in [0.05, 0.1) is 5.56 Å². The molecular formula is C32H30N4O2. The lowest BCUT2D eigenvalue weighted by Gasteiger charge is -2.39. The van der Waals surface area contributed by atoms with Crippen molar-refractivity contribution in [3.05, 3.63) is 102 Å². The van der Waals surface area contributed by atoms with Crippen LogP contribution in [0.2, 0.25) is 0 Å². The molecule has 0 atom stereocenters. The van der Waals surface area contributed by atoms with Gasteiger partial charge in [0, 0.05) is 67.7 Å². The molecule has 0 N–H and O–H groups in total. The number of hydrogen-bond acceptors (Lipinski definition) is 3. The number of amides is 2. The van der Waals surface area contributed by atoms with E-state index in [-0.39, 0.29) is 17.2 Å². The minimum Gasteiger partial charge on any atom is -0.340 e. The van der Waals surface area contributed by atoms with Crippen molar-refractivity contribution < 1.29 is 9.59 Å². The average Bonchev–Trinajstić information content (AvgIpc) is 3.53. The van der Waals surface area contributed by atoms with E-state index in [4.69, 9.17) is 0 Å². The number of pyridine rings is 1. The van der Waals surface area contributed by atoms with Crippen molar-refractivity contribution in [1.29, 1.82) is 0 Å². The molecular weight excluding hydrogens is 472 g/mol. The monoisotopic (exact) mass is 502 g/mol. The van der Waals surface area contributed by atoms with Crippen molar-refractivity contribution in [2.75, 3.05) is 26.2 Å². The summed E-state index contributed by atoms with van der Waals surface area (Å²) in [6, 6.07) is 21.7. The van der Waals surface area contributed by atoms with Gasteiger partial charge >= 0.3 is 0 Å². The molecule has 2 fully saturated rings. The minimum absolute atomic E-state index is 0.00624. The second-order valence-electron chi connectivity index (χ2n) is 10.5. The molecule has 2 aliphatic rings. The molecule has 4 heterocycles. The van der Waals surface area contributed by atoms with E-state index in [1.54, 1.807) is 12.4 Å². The molecule has 0 bridgehead atoms. The Morgan fingerprint density at radius 2 is 1.47 bits per heavy atom. The predicted octanol–water partition coefficient (Wildman–Crippen LogP) is 4.74. The highest BCUT2D eigenvalue weighted by atomic mass is 16.2. The number of nitrogens with zero attached hydrogens (tertiary/aromatic N) is 4. The number of fused-ring (bicyclic) bond motifs is 1. The van der Waals surface area contributed by atoms with Crippen molar-refractivity contribution >= 4 is 22.7 Å². The van der Waals surface area contributed by atoms with E-state index in [1.807, 2.05) is 88.1 Å². The maximum absolute atomic E-state index is 13.4. The van der Waals surface area contributed by atoms with E-state index in [9.17, 15) is 9.59 Å². The molecule has 1 spiro atoms. The molecule has 6 rings (SSSR count). The lowest BCUT2D eigenvalue weighted by atomic mass is 9.77. The molecule has 0 aliphatic carbocycles. The smallest absolute Gasteiger partial charge is 0.270 e. The van der Waals surface area contributed by atoms with E-state index in [2.05, 4.69) is 16.8 Å². The zero-order valence-electron chi connectivity index (χ0n) is 21.6. The third-order valence-corrected chi connectivity index (χ3v) is 8.12. The first kappa shape index (κ1) is 24.0. The van der Waals surface area contributed by atoms with Crippen LogP contribution in [0.25, 0.3) is 10.9 Å². The van der Waals surface area contributed by atoms with Crippen LogP contribution in [-0.2, 0) is 7.05 Å². The van der Waals surface area contributed by atoms with Gasteiger partial charge in [-0.25, -0.2) is 0 Å². The fraction of sp³-hybridized carbons (Fsp3) is 0.281. The molecule has 2 aliphatic heterocycles. The van der Waals surface area contributed by atoms with Crippen LogP contribution in [0.4, 0.5) is 0 Å². The summed E-state index contributed by atoms with van der Waals surface area (Å²) in [6.45, 7) is 2.89. The van der Waals surface area contributed by atoms with Crippen molar-refractivity contribution in [2.45, 2.75) is 19.3 Å². The van der Waals surface area contributed by atoms with Crippen molar-refractivity contribution in [1.82, 2.24) is 19.4 Å². The summed E-state index contributed by atoms with van der Waals surface area (Å²) < 4.78 is 1.99. The molecule has 0 radical (unpaired) electrons. The van der Waals surface area contributed by atoms with Gasteiger partial charge in [-0.2, -0.15) is 0 Å². The number of benzene rings is 2. The molecule has 4 aromatic rings. The van der Waals surface area contributed by atoms with E-state index < -0.39 is 0 Å². The van der Waals surface area contributed by atoms with E-state index >= 15 is 0 Å². The van der Waals surface area contributed by atoms with E-state index in [0.717, 1.165) is 60.1 Å². The van der Waals surface area contributed by atoms with Crippen molar-refractivity contribution in [2.24, 2.45) is 12.5 Å². The summed E-state index contributed by atoms with van der Waals surface area (Å²) in [6.07, 6.45) is 6.11.